The Hall–Kier alpha value is -3.24. The first-order valence-corrected chi connectivity index (χ1v) is 10.1. The Morgan fingerprint density at radius 2 is 1.88 bits per heavy atom. The van der Waals surface area contributed by atoms with Crippen LogP contribution in [-0.2, 0) is 14.4 Å². The number of primary amides is 1. The lowest BCUT2D eigenvalue weighted by atomic mass is 9.91. The molecule has 9 nitrogen and oxygen atoms in total. The summed E-state index contributed by atoms with van der Waals surface area (Å²) >= 11 is 0. The number of benzene rings is 1. The number of urea groups is 1. The van der Waals surface area contributed by atoms with Gasteiger partial charge in [-0.15, -0.1) is 0 Å². The van der Waals surface area contributed by atoms with Crippen LogP contribution >= 0.6 is 0 Å². The van der Waals surface area contributed by atoms with E-state index in [2.05, 4.69) is 10.6 Å². The van der Waals surface area contributed by atoms with Crippen LogP contribution in [-0.4, -0.2) is 65.8 Å². The van der Waals surface area contributed by atoms with Crippen LogP contribution in [0.25, 0.3) is 0 Å². The summed E-state index contributed by atoms with van der Waals surface area (Å²) in [4.78, 5) is 52.1. The number of hydrogen-bond acceptors (Lipinski definition) is 4. The Balaban J connectivity index is 2.20. The van der Waals surface area contributed by atoms with E-state index in [9.17, 15) is 28.0 Å². The molecule has 2 unspecified atom stereocenters. The number of rotatable bonds is 6. The molecule has 2 atom stereocenters. The zero-order chi connectivity index (χ0) is 24.2. The zero-order valence-corrected chi connectivity index (χ0v) is 18.6. The normalized spacial score (nSPS) is 18.2. The summed E-state index contributed by atoms with van der Waals surface area (Å²) in [7, 11) is 1.38. The van der Waals surface area contributed by atoms with Gasteiger partial charge in [0.05, 0.1) is 18.3 Å². The van der Waals surface area contributed by atoms with Crippen molar-refractivity contribution >= 4 is 29.4 Å². The van der Waals surface area contributed by atoms with Gasteiger partial charge in [-0.05, 0) is 24.0 Å². The molecule has 1 aromatic carbocycles. The lowest BCUT2D eigenvalue weighted by Gasteiger charge is -2.32. The summed E-state index contributed by atoms with van der Waals surface area (Å²) in [6, 6.07) is 0.0286. The number of amides is 5. The monoisotopic (exact) mass is 453 g/mol. The minimum absolute atomic E-state index is 0.177. The second kappa shape index (κ2) is 9.92. The van der Waals surface area contributed by atoms with E-state index in [1.807, 2.05) is 20.8 Å². The molecule has 0 aromatic heterocycles. The number of anilines is 1. The molecule has 0 spiro atoms. The minimum Gasteiger partial charge on any atom is -0.368 e. The third-order valence-corrected chi connectivity index (χ3v) is 4.92. The first-order chi connectivity index (χ1) is 14.8. The fourth-order valence-electron chi connectivity index (χ4n) is 3.54. The number of carbonyl (C=O) groups excluding carboxylic acids is 4. The van der Waals surface area contributed by atoms with Gasteiger partial charge in [-0.25, -0.2) is 13.6 Å². The first kappa shape index (κ1) is 25.0. The maximum Gasteiger partial charge on any atom is 0.319 e. The second-order valence-corrected chi connectivity index (χ2v) is 9.05. The Labute approximate surface area is 185 Å². The lowest BCUT2D eigenvalue weighted by molar-refractivity contribution is -0.145. The largest absolute Gasteiger partial charge is 0.368 e. The smallest absolute Gasteiger partial charge is 0.319 e. The molecule has 1 fully saturated rings. The van der Waals surface area contributed by atoms with E-state index in [-0.39, 0.29) is 42.9 Å². The molecule has 0 radical (unpaired) electrons. The van der Waals surface area contributed by atoms with Crippen LogP contribution in [0.4, 0.5) is 19.3 Å². The van der Waals surface area contributed by atoms with E-state index in [1.54, 1.807) is 0 Å². The first-order valence-electron chi connectivity index (χ1n) is 10.1. The second-order valence-electron chi connectivity index (χ2n) is 9.05. The van der Waals surface area contributed by atoms with Gasteiger partial charge in [0.2, 0.25) is 17.7 Å². The summed E-state index contributed by atoms with van der Waals surface area (Å²) in [6.07, 6.45) is 0.450. The highest BCUT2D eigenvalue weighted by Gasteiger charge is 2.44. The van der Waals surface area contributed by atoms with Crippen LogP contribution in [0, 0.1) is 17.0 Å². The van der Waals surface area contributed by atoms with E-state index >= 15 is 0 Å². The topological polar surface area (TPSA) is 125 Å². The van der Waals surface area contributed by atoms with Crippen molar-refractivity contribution in [2.24, 2.45) is 11.1 Å². The average molecular weight is 453 g/mol. The van der Waals surface area contributed by atoms with Crippen molar-refractivity contribution < 1.29 is 28.0 Å². The molecule has 11 heteroatoms. The van der Waals surface area contributed by atoms with Gasteiger partial charge in [0, 0.05) is 26.1 Å². The van der Waals surface area contributed by atoms with Crippen molar-refractivity contribution in [1.29, 1.82) is 0 Å². The number of hydrogen-bond donors (Lipinski definition) is 3. The van der Waals surface area contributed by atoms with E-state index in [1.165, 1.54) is 11.9 Å². The third-order valence-electron chi connectivity index (χ3n) is 4.92. The fraction of sp³-hybridized carbons (Fsp3) is 0.524. The van der Waals surface area contributed by atoms with E-state index < -0.39 is 41.6 Å². The molecule has 1 saturated heterocycles. The average Bonchev–Trinajstić information content (AvgIpc) is 3.05. The van der Waals surface area contributed by atoms with Gasteiger partial charge < -0.3 is 26.2 Å². The quantitative estimate of drug-likeness (QED) is 0.603. The highest BCUT2D eigenvalue weighted by atomic mass is 19.1. The molecule has 4 N–H and O–H groups in total. The summed E-state index contributed by atoms with van der Waals surface area (Å²) in [5.74, 6) is -3.29. The van der Waals surface area contributed by atoms with Crippen molar-refractivity contribution in [3.63, 3.8) is 0 Å². The maximum absolute atomic E-state index is 13.8. The number of carbonyl (C=O) groups is 4. The van der Waals surface area contributed by atoms with Crippen molar-refractivity contribution in [2.75, 3.05) is 25.5 Å². The molecule has 1 heterocycles. The number of halogens is 2. The molecule has 0 aliphatic carbocycles. The Kier molecular flexibility index (Phi) is 7.76. The van der Waals surface area contributed by atoms with Crippen LogP contribution in [0.1, 0.15) is 33.6 Å². The van der Waals surface area contributed by atoms with Crippen molar-refractivity contribution in [1.82, 2.24) is 15.1 Å². The molecule has 1 aromatic rings. The lowest BCUT2D eigenvalue weighted by Crippen LogP contribution is -2.56. The molecule has 2 rings (SSSR count). The number of nitrogens with zero attached hydrogens (tertiary/aromatic N) is 2. The molecule has 0 saturated carbocycles. The molecule has 1 aliphatic rings. The Morgan fingerprint density at radius 1 is 1.22 bits per heavy atom. The standard InChI is InChI=1S/C21H29F2N5O4/c1-21(2,3)10-17(30)28-8-7-15(18(28)19(31)27(4)11-16(24)29)26-20(32)25-14-6-5-12(22)9-13(14)23/h5-6,9,15,18H,7-8,10-11H2,1-4H3,(H2,24,29)(H2,25,26,32). The zero-order valence-electron chi connectivity index (χ0n) is 18.6. The number of nitrogens with two attached hydrogens (primary N) is 1. The highest BCUT2D eigenvalue weighted by Crippen LogP contribution is 2.26. The number of likely N-dealkylation sites (N-methyl/N-ethyl adjacent to an activating group) is 1. The van der Waals surface area contributed by atoms with Crippen molar-refractivity contribution in [3.8, 4) is 0 Å². The molecule has 32 heavy (non-hydrogen) atoms. The van der Waals surface area contributed by atoms with Crippen LogP contribution in [0.15, 0.2) is 18.2 Å². The van der Waals surface area contributed by atoms with Crippen LogP contribution < -0.4 is 16.4 Å². The van der Waals surface area contributed by atoms with Crippen LogP contribution in [0.5, 0.6) is 0 Å². The van der Waals surface area contributed by atoms with E-state index in [4.69, 9.17) is 5.73 Å². The SMILES string of the molecule is CN(CC(N)=O)C(=O)C1C(NC(=O)Nc2ccc(F)cc2F)CCN1C(=O)CC(C)(C)C. The van der Waals surface area contributed by atoms with Gasteiger partial charge >= 0.3 is 6.03 Å². The summed E-state index contributed by atoms with van der Waals surface area (Å²) in [5, 5.41) is 4.86. The van der Waals surface area contributed by atoms with E-state index in [0.29, 0.717) is 6.07 Å². The fourth-order valence-corrected chi connectivity index (χ4v) is 3.54. The summed E-state index contributed by atoms with van der Waals surface area (Å²) in [5.41, 5.74) is 4.61. The Bertz CT molecular complexity index is 903. The van der Waals surface area contributed by atoms with Crippen molar-refractivity contribution in [2.45, 2.75) is 45.7 Å². The predicted molar refractivity (Wildman–Crippen MR) is 113 cm³/mol. The Morgan fingerprint density at radius 3 is 2.44 bits per heavy atom. The van der Waals surface area contributed by atoms with Gasteiger partial charge in [0.25, 0.3) is 0 Å². The van der Waals surface area contributed by atoms with Gasteiger partial charge in [-0.3, -0.25) is 14.4 Å². The number of likely N-dealkylation sites (tertiary alicyclic amines) is 1. The summed E-state index contributed by atoms with van der Waals surface area (Å²) < 4.78 is 26.9. The van der Waals surface area contributed by atoms with Gasteiger partial charge in [0.1, 0.15) is 17.7 Å². The van der Waals surface area contributed by atoms with Gasteiger partial charge in [-0.1, -0.05) is 20.8 Å². The maximum atomic E-state index is 13.8. The molecule has 176 valence electrons. The minimum atomic E-state index is -1.06. The van der Waals surface area contributed by atoms with Gasteiger partial charge in [0.15, 0.2) is 0 Å². The van der Waals surface area contributed by atoms with Crippen LogP contribution in [0.2, 0.25) is 0 Å². The molecule has 1 aliphatic heterocycles. The predicted octanol–water partition coefficient (Wildman–Crippen LogP) is 1.44. The third kappa shape index (κ3) is 6.63. The molecular weight excluding hydrogens is 424 g/mol. The van der Waals surface area contributed by atoms with E-state index in [0.717, 1.165) is 17.0 Å². The molecular formula is C21H29F2N5O4. The van der Waals surface area contributed by atoms with Gasteiger partial charge in [-0.2, -0.15) is 0 Å². The van der Waals surface area contributed by atoms with Crippen molar-refractivity contribution in [3.05, 3.63) is 29.8 Å². The highest BCUT2D eigenvalue weighted by molar-refractivity contribution is 5.94. The molecule has 5 amide bonds. The molecule has 0 bridgehead atoms. The summed E-state index contributed by atoms with van der Waals surface area (Å²) in [6.45, 7) is 5.52. The number of nitrogens with one attached hydrogen (secondary N) is 2. The van der Waals surface area contributed by atoms with Crippen LogP contribution in [0.3, 0.4) is 0 Å².